The Hall–Kier alpha value is -2.90. The van der Waals surface area contributed by atoms with Gasteiger partial charge in [-0.2, -0.15) is 0 Å². The zero-order valence-electron chi connectivity index (χ0n) is 12.4. The zero-order chi connectivity index (χ0) is 17.9. The van der Waals surface area contributed by atoms with E-state index in [2.05, 4.69) is 5.32 Å². The van der Waals surface area contributed by atoms with E-state index in [1.165, 1.54) is 6.92 Å². The van der Waals surface area contributed by atoms with Gasteiger partial charge in [0.05, 0.1) is 11.7 Å². The third-order valence-corrected chi connectivity index (χ3v) is 3.18. The largest absolute Gasteiger partial charge is 0.341 e. The Morgan fingerprint density at radius 2 is 1.67 bits per heavy atom. The van der Waals surface area contributed by atoms with Crippen molar-refractivity contribution in [3.05, 3.63) is 65.2 Å². The molecule has 1 atom stereocenters. The van der Waals surface area contributed by atoms with Crippen molar-refractivity contribution in [3.8, 4) is 0 Å². The summed E-state index contributed by atoms with van der Waals surface area (Å²) in [5, 5.41) is 4.09. The Kier molecular flexibility index (Phi) is 5.18. The molecule has 4 nitrogen and oxygen atoms in total. The van der Waals surface area contributed by atoms with Gasteiger partial charge in [0.1, 0.15) is 11.6 Å². The van der Waals surface area contributed by atoms with Crippen LogP contribution in [0.15, 0.2) is 36.4 Å². The maximum atomic E-state index is 13.6. The summed E-state index contributed by atoms with van der Waals surface area (Å²) in [4.78, 5) is 23.5. The lowest BCUT2D eigenvalue weighted by atomic mass is 10.1. The van der Waals surface area contributed by atoms with Crippen molar-refractivity contribution in [2.24, 2.45) is 0 Å². The summed E-state index contributed by atoms with van der Waals surface area (Å²) in [5.74, 6) is -6.61. The zero-order valence-corrected chi connectivity index (χ0v) is 12.4. The molecule has 0 saturated heterocycles. The van der Waals surface area contributed by atoms with E-state index in [1.807, 2.05) is 5.32 Å². The van der Waals surface area contributed by atoms with E-state index in [-0.39, 0.29) is 5.56 Å². The van der Waals surface area contributed by atoms with Crippen LogP contribution in [0.25, 0.3) is 0 Å². The van der Waals surface area contributed by atoms with Crippen LogP contribution in [0.3, 0.4) is 0 Å². The average Bonchev–Trinajstić information content (AvgIpc) is 2.51. The minimum Gasteiger partial charge on any atom is -0.341 e. The Labute approximate surface area is 134 Å². The number of rotatable bonds is 3. The van der Waals surface area contributed by atoms with Crippen LogP contribution in [0, 0.1) is 23.3 Å². The summed E-state index contributed by atoms with van der Waals surface area (Å²) in [6, 6.07) is 4.91. The van der Waals surface area contributed by atoms with Crippen LogP contribution in [-0.2, 0) is 9.59 Å². The summed E-state index contributed by atoms with van der Waals surface area (Å²) in [7, 11) is 0. The average molecular weight is 340 g/mol. The molecular formula is C16H12F4N2O2. The van der Waals surface area contributed by atoms with Crippen LogP contribution >= 0.6 is 0 Å². The van der Waals surface area contributed by atoms with Gasteiger partial charge in [-0.05, 0) is 25.1 Å². The van der Waals surface area contributed by atoms with E-state index in [9.17, 15) is 27.2 Å². The van der Waals surface area contributed by atoms with E-state index in [0.29, 0.717) is 6.07 Å². The molecule has 2 N–H and O–H groups in total. The number of anilines is 1. The van der Waals surface area contributed by atoms with Gasteiger partial charge in [0.25, 0.3) is 0 Å². The number of hydrogen-bond donors (Lipinski definition) is 2. The smallest absolute Gasteiger partial charge is 0.313 e. The fourth-order valence-electron chi connectivity index (χ4n) is 1.97. The van der Waals surface area contributed by atoms with Crippen molar-refractivity contribution in [2.45, 2.75) is 13.0 Å². The molecule has 0 aliphatic rings. The van der Waals surface area contributed by atoms with Gasteiger partial charge in [0.15, 0.2) is 11.6 Å². The second kappa shape index (κ2) is 7.12. The Morgan fingerprint density at radius 1 is 0.958 bits per heavy atom. The number of amides is 2. The summed E-state index contributed by atoms with van der Waals surface area (Å²) in [6.07, 6.45) is 0. The highest BCUT2D eigenvalue weighted by Crippen LogP contribution is 2.18. The number of halogens is 4. The van der Waals surface area contributed by atoms with Crippen molar-refractivity contribution in [1.82, 2.24) is 5.32 Å². The molecule has 24 heavy (non-hydrogen) atoms. The second-order valence-electron chi connectivity index (χ2n) is 4.92. The van der Waals surface area contributed by atoms with Crippen molar-refractivity contribution in [2.75, 3.05) is 5.32 Å². The van der Waals surface area contributed by atoms with Crippen molar-refractivity contribution in [1.29, 1.82) is 0 Å². The lowest BCUT2D eigenvalue weighted by Gasteiger charge is -2.15. The van der Waals surface area contributed by atoms with Crippen molar-refractivity contribution >= 4 is 17.5 Å². The van der Waals surface area contributed by atoms with E-state index in [0.717, 1.165) is 30.3 Å². The molecule has 0 aromatic heterocycles. The van der Waals surface area contributed by atoms with Gasteiger partial charge in [-0.15, -0.1) is 0 Å². The topological polar surface area (TPSA) is 58.2 Å². The maximum Gasteiger partial charge on any atom is 0.313 e. The molecule has 2 amide bonds. The molecule has 0 bridgehead atoms. The van der Waals surface area contributed by atoms with Gasteiger partial charge in [0.2, 0.25) is 0 Å². The highest BCUT2D eigenvalue weighted by atomic mass is 19.2. The highest BCUT2D eigenvalue weighted by Gasteiger charge is 2.21. The molecule has 0 aliphatic heterocycles. The van der Waals surface area contributed by atoms with E-state index >= 15 is 0 Å². The molecule has 0 spiro atoms. The molecule has 126 valence electrons. The summed E-state index contributed by atoms with van der Waals surface area (Å²) in [6.45, 7) is 1.38. The quantitative estimate of drug-likeness (QED) is 0.666. The molecule has 0 heterocycles. The van der Waals surface area contributed by atoms with Gasteiger partial charge < -0.3 is 10.6 Å². The van der Waals surface area contributed by atoms with Crippen LogP contribution in [0.5, 0.6) is 0 Å². The number of hydrogen-bond acceptors (Lipinski definition) is 2. The van der Waals surface area contributed by atoms with Crippen LogP contribution in [-0.4, -0.2) is 11.8 Å². The lowest BCUT2D eigenvalue weighted by Crippen LogP contribution is -2.37. The first-order chi connectivity index (χ1) is 11.3. The predicted octanol–water partition coefficient (Wildman–Crippen LogP) is 3.06. The lowest BCUT2D eigenvalue weighted by molar-refractivity contribution is -0.136. The fraction of sp³-hybridized carbons (Fsp3) is 0.125. The van der Waals surface area contributed by atoms with Gasteiger partial charge >= 0.3 is 11.8 Å². The summed E-state index contributed by atoms with van der Waals surface area (Å²) in [5.41, 5.74) is -0.537. The number of nitrogens with one attached hydrogen (secondary N) is 2. The molecule has 1 unspecified atom stereocenters. The molecule has 0 radical (unpaired) electrons. The van der Waals surface area contributed by atoms with Crippen molar-refractivity contribution in [3.63, 3.8) is 0 Å². The SMILES string of the molecule is CC(NC(=O)C(=O)Nc1cccc(F)c1F)c1ccc(F)cc1F. The van der Waals surface area contributed by atoms with Crippen LogP contribution < -0.4 is 10.6 Å². The summed E-state index contributed by atoms with van der Waals surface area (Å²) >= 11 is 0. The molecular weight excluding hydrogens is 328 g/mol. The van der Waals surface area contributed by atoms with Gasteiger partial charge in [-0.25, -0.2) is 17.6 Å². The van der Waals surface area contributed by atoms with Crippen LogP contribution in [0.1, 0.15) is 18.5 Å². The first kappa shape index (κ1) is 17.5. The molecule has 0 aliphatic carbocycles. The molecule has 2 aromatic carbocycles. The van der Waals surface area contributed by atoms with Crippen LogP contribution in [0.2, 0.25) is 0 Å². The number of benzene rings is 2. The summed E-state index contributed by atoms with van der Waals surface area (Å²) < 4.78 is 52.9. The highest BCUT2D eigenvalue weighted by molar-refractivity contribution is 6.39. The Bertz CT molecular complexity index is 796. The Morgan fingerprint density at radius 3 is 2.33 bits per heavy atom. The monoisotopic (exact) mass is 340 g/mol. The van der Waals surface area contributed by atoms with Crippen molar-refractivity contribution < 1.29 is 27.2 Å². The minimum absolute atomic E-state index is 0.0329. The third-order valence-electron chi connectivity index (χ3n) is 3.18. The molecule has 2 rings (SSSR count). The molecule has 2 aromatic rings. The molecule has 0 saturated carbocycles. The second-order valence-corrected chi connectivity index (χ2v) is 4.92. The first-order valence-electron chi connectivity index (χ1n) is 6.80. The van der Waals surface area contributed by atoms with Gasteiger partial charge in [0, 0.05) is 11.6 Å². The number of carbonyl (C=O) groups is 2. The first-order valence-corrected chi connectivity index (χ1v) is 6.80. The van der Waals surface area contributed by atoms with E-state index in [4.69, 9.17) is 0 Å². The third kappa shape index (κ3) is 3.89. The van der Waals surface area contributed by atoms with Gasteiger partial charge in [-0.3, -0.25) is 9.59 Å². The van der Waals surface area contributed by atoms with Crippen LogP contribution in [0.4, 0.5) is 23.2 Å². The predicted molar refractivity (Wildman–Crippen MR) is 77.9 cm³/mol. The van der Waals surface area contributed by atoms with E-state index < -0.39 is 46.8 Å². The molecule has 0 fully saturated rings. The van der Waals surface area contributed by atoms with Gasteiger partial charge in [-0.1, -0.05) is 12.1 Å². The maximum absolute atomic E-state index is 13.6. The normalized spacial score (nSPS) is 11.7. The molecule has 8 heteroatoms. The Balaban J connectivity index is 2.06. The van der Waals surface area contributed by atoms with E-state index in [1.54, 1.807) is 0 Å². The minimum atomic E-state index is -1.31. The fourth-order valence-corrected chi connectivity index (χ4v) is 1.97. The standard InChI is InChI=1S/C16H12F4N2O2/c1-8(10-6-5-9(17)7-12(10)19)21-15(23)16(24)22-13-4-2-3-11(18)14(13)20/h2-8H,1H3,(H,21,23)(H,22,24). The number of carbonyl (C=O) groups excluding carboxylic acids is 2.